The number of methoxy groups -OCH3 is 1. The van der Waals surface area contributed by atoms with E-state index in [2.05, 4.69) is 64.8 Å². The fourth-order valence-electron chi connectivity index (χ4n) is 5.81. The number of aliphatic imine (C=N–C) groups is 1. The number of benzene rings is 2. The minimum absolute atomic E-state index is 0.0122. The lowest BCUT2D eigenvalue weighted by Gasteiger charge is -2.34. The number of fused-ring (bicyclic) bond motifs is 1. The lowest BCUT2D eigenvalue weighted by molar-refractivity contribution is -0.117. The smallest absolute Gasteiger partial charge is 0.358 e. The number of sulfonamides is 1. The number of para-hydroxylation sites is 1. The number of nitrogens with zero attached hydrogens (tertiary/aromatic N) is 4. The van der Waals surface area contributed by atoms with Gasteiger partial charge in [-0.2, -0.15) is 0 Å². The van der Waals surface area contributed by atoms with Gasteiger partial charge in [0, 0.05) is 36.6 Å². The molecule has 1 aliphatic rings. The molecule has 2 aromatic carbocycles. The van der Waals surface area contributed by atoms with E-state index in [0.29, 0.717) is 25.3 Å². The zero-order valence-electron chi connectivity index (χ0n) is 32.6. The molecule has 0 saturated carbocycles. The molecule has 3 aromatic rings. The molecule has 1 unspecified atom stereocenters. The van der Waals surface area contributed by atoms with Crippen LogP contribution in [-0.4, -0.2) is 72.6 Å². The number of hydrogen-bond donors (Lipinski definition) is 1. The Morgan fingerprint density at radius 1 is 0.943 bits per heavy atom. The number of anilines is 1. The fourth-order valence-corrected chi connectivity index (χ4v) is 8.45. The summed E-state index contributed by atoms with van der Waals surface area (Å²) in [4.78, 5) is 37.3. The van der Waals surface area contributed by atoms with Crippen molar-refractivity contribution in [3.63, 3.8) is 0 Å². The second-order valence-corrected chi connectivity index (χ2v) is 18.5. The van der Waals surface area contributed by atoms with Gasteiger partial charge in [-0.1, -0.05) is 98.8 Å². The van der Waals surface area contributed by atoms with Crippen LogP contribution in [0, 0.1) is 5.41 Å². The highest BCUT2D eigenvalue weighted by molar-refractivity contribution is 7.99. The number of unbranched alkanes of at least 4 members (excludes halogenated alkanes) is 5. The molecule has 0 spiro atoms. The van der Waals surface area contributed by atoms with Gasteiger partial charge < -0.3 is 19.4 Å². The van der Waals surface area contributed by atoms with Crippen LogP contribution < -0.4 is 5.32 Å². The normalized spacial score (nSPS) is 14.7. The van der Waals surface area contributed by atoms with Gasteiger partial charge in [-0.15, -0.1) is 11.8 Å². The number of carbonyl (C=O) groups is 2. The molecule has 1 aliphatic heterocycles. The quantitative estimate of drug-likeness (QED) is 0.0772. The Balaban J connectivity index is 1.73. The van der Waals surface area contributed by atoms with Crippen LogP contribution >= 0.6 is 11.8 Å². The molecular formula is C40H57N5O6S2. The van der Waals surface area contributed by atoms with Gasteiger partial charge >= 0.3 is 5.97 Å². The summed E-state index contributed by atoms with van der Waals surface area (Å²) in [6.07, 6.45) is 9.96. The van der Waals surface area contributed by atoms with Crippen LogP contribution in [0.3, 0.4) is 0 Å². The second-order valence-electron chi connectivity index (χ2n) is 15.6. The van der Waals surface area contributed by atoms with Crippen molar-refractivity contribution in [2.75, 3.05) is 37.9 Å². The van der Waals surface area contributed by atoms with Crippen molar-refractivity contribution in [1.82, 2.24) is 13.9 Å². The maximum Gasteiger partial charge on any atom is 0.358 e. The predicted octanol–water partition coefficient (Wildman–Crippen LogP) is 8.79. The summed E-state index contributed by atoms with van der Waals surface area (Å²) in [5, 5.41) is 3.14. The first-order chi connectivity index (χ1) is 25.1. The molecule has 0 aliphatic carbocycles. The molecule has 1 amide bonds. The van der Waals surface area contributed by atoms with Crippen LogP contribution in [0.5, 0.6) is 0 Å². The number of rotatable bonds is 18. The summed E-state index contributed by atoms with van der Waals surface area (Å²) in [6.45, 7) is 15.9. The molecule has 1 atom stereocenters. The molecule has 1 aromatic heterocycles. The molecule has 0 bridgehead atoms. The lowest BCUT2D eigenvalue weighted by atomic mass is 9.87. The highest BCUT2D eigenvalue weighted by Crippen LogP contribution is 2.38. The zero-order valence-corrected chi connectivity index (χ0v) is 34.2. The Bertz CT molecular complexity index is 1840. The number of thioether (sulfide) groups is 1. The minimum atomic E-state index is -4.14. The van der Waals surface area contributed by atoms with Gasteiger partial charge in [-0.25, -0.2) is 23.2 Å². The third-order valence-electron chi connectivity index (χ3n) is 8.77. The monoisotopic (exact) mass is 767 g/mol. The van der Waals surface area contributed by atoms with E-state index in [0.717, 1.165) is 29.1 Å². The van der Waals surface area contributed by atoms with Crippen molar-refractivity contribution >= 4 is 50.9 Å². The molecule has 2 heterocycles. The van der Waals surface area contributed by atoms with Crippen molar-refractivity contribution in [2.24, 2.45) is 10.4 Å². The maximum atomic E-state index is 14.8. The summed E-state index contributed by atoms with van der Waals surface area (Å²) in [5.74, 6) is -0.444. The number of nitrogens with one attached hydrogen (secondary N) is 1. The summed E-state index contributed by atoms with van der Waals surface area (Å²) < 4.78 is 42.1. The highest BCUT2D eigenvalue weighted by atomic mass is 32.2. The Morgan fingerprint density at radius 2 is 1.64 bits per heavy atom. The van der Waals surface area contributed by atoms with Gasteiger partial charge in [0.1, 0.15) is 4.90 Å². The number of hydrogen-bond acceptors (Lipinski definition) is 9. The molecule has 11 nitrogen and oxygen atoms in total. The first kappa shape index (κ1) is 42.1. The number of amidine groups is 1. The van der Waals surface area contributed by atoms with Crippen molar-refractivity contribution < 1.29 is 27.5 Å². The fraction of sp³-hybridized carbons (Fsp3) is 0.550. The van der Waals surface area contributed by atoms with E-state index in [4.69, 9.17) is 14.5 Å². The van der Waals surface area contributed by atoms with E-state index < -0.39 is 27.9 Å². The molecule has 53 heavy (non-hydrogen) atoms. The molecular weight excluding hydrogens is 711 g/mol. The molecule has 13 heteroatoms. The van der Waals surface area contributed by atoms with Crippen LogP contribution in [0.4, 0.5) is 11.4 Å². The first-order valence-corrected chi connectivity index (χ1v) is 21.0. The van der Waals surface area contributed by atoms with E-state index in [1.54, 1.807) is 30.0 Å². The van der Waals surface area contributed by atoms with Crippen molar-refractivity contribution in [3.05, 3.63) is 66.2 Å². The molecule has 290 valence electrons. The number of ether oxygens (including phenoxy) is 2. The third-order valence-corrected chi connectivity index (χ3v) is 12.3. The number of esters is 1. The van der Waals surface area contributed by atoms with E-state index in [-0.39, 0.29) is 39.5 Å². The number of amides is 1. The third kappa shape index (κ3) is 11.4. The lowest BCUT2D eigenvalue weighted by Crippen LogP contribution is -2.47. The second kappa shape index (κ2) is 18.6. The van der Waals surface area contributed by atoms with Crippen molar-refractivity contribution in [2.45, 2.75) is 115 Å². The summed E-state index contributed by atoms with van der Waals surface area (Å²) in [6, 6.07) is 11.2. The van der Waals surface area contributed by atoms with Gasteiger partial charge in [0.15, 0.2) is 17.6 Å². The Morgan fingerprint density at radius 3 is 2.34 bits per heavy atom. The average Bonchev–Trinajstić information content (AvgIpc) is 3.58. The highest BCUT2D eigenvalue weighted by Gasteiger charge is 2.41. The van der Waals surface area contributed by atoms with Gasteiger partial charge in [-0.3, -0.25) is 9.10 Å². The standard InChI is InChI=1S/C40H57N5O6S2/c1-9-10-11-12-13-16-23-51-24-17-22-45-36(42-30-18-14-15-19-34(30)53(45,48)49)35(44-26-32(41-28-44)38(47)50-8)37(46)43-31-25-29(40(5,6)7)20-21-33(31)52-27-39(2,3)4/h14-15,18-21,25-26,28,35H,9-13,16-17,22-24,27H2,1-8H3,(H,43,46). The maximum absolute atomic E-state index is 14.8. The summed E-state index contributed by atoms with van der Waals surface area (Å²) >= 11 is 1.64. The topological polar surface area (TPSA) is 132 Å². The van der Waals surface area contributed by atoms with Gasteiger partial charge in [0.05, 0.1) is 24.8 Å². The van der Waals surface area contributed by atoms with E-state index in [9.17, 15) is 18.0 Å². The van der Waals surface area contributed by atoms with Gasteiger partial charge in [0.2, 0.25) is 0 Å². The van der Waals surface area contributed by atoms with Crippen LogP contribution in [0.1, 0.15) is 116 Å². The van der Waals surface area contributed by atoms with Crippen LogP contribution in [0.25, 0.3) is 0 Å². The molecule has 0 radical (unpaired) electrons. The predicted molar refractivity (Wildman–Crippen MR) is 213 cm³/mol. The SMILES string of the molecule is CCCCCCCCOCCCN1C(C(C(=O)Nc2cc(C(C)(C)C)ccc2SCC(C)(C)C)n2cnc(C(=O)OC)c2)=Nc2ccccc2S1(=O)=O. The average molecular weight is 768 g/mol. The van der Waals surface area contributed by atoms with E-state index in [1.165, 1.54) is 60.3 Å². The minimum Gasteiger partial charge on any atom is -0.464 e. The van der Waals surface area contributed by atoms with Crippen LogP contribution in [0.2, 0.25) is 0 Å². The van der Waals surface area contributed by atoms with Crippen LogP contribution in [-0.2, 0) is 29.7 Å². The van der Waals surface area contributed by atoms with Crippen molar-refractivity contribution in [3.8, 4) is 0 Å². The summed E-state index contributed by atoms with van der Waals surface area (Å²) in [7, 11) is -2.89. The van der Waals surface area contributed by atoms with E-state index in [1.807, 2.05) is 12.1 Å². The van der Waals surface area contributed by atoms with E-state index >= 15 is 0 Å². The number of carbonyl (C=O) groups excluding carboxylic acids is 2. The molecule has 4 rings (SSSR count). The Hall–Kier alpha value is -3.68. The molecule has 1 N–H and O–H groups in total. The Kier molecular flexibility index (Phi) is 14.7. The summed E-state index contributed by atoms with van der Waals surface area (Å²) in [5.41, 5.74) is 1.63. The molecule has 0 saturated heterocycles. The number of imidazole rings is 1. The van der Waals surface area contributed by atoms with Crippen LogP contribution in [0.15, 0.2) is 69.8 Å². The van der Waals surface area contributed by atoms with Gasteiger partial charge in [0.25, 0.3) is 15.9 Å². The largest absolute Gasteiger partial charge is 0.464 e. The zero-order chi connectivity index (χ0) is 38.8. The number of aromatic nitrogens is 2. The molecule has 0 fully saturated rings. The first-order valence-electron chi connectivity index (χ1n) is 18.5. The Labute approximate surface area is 320 Å². The van der Waals surface area contributed by atoms with Crippen molar-refractivity contribution in [1.29, 1.82) is 0 Å². The van der Waals surface area contributed by atoms with Gasteiger partial charge in [-0.05, 0) is 53.5 Å².